The molecule has 6 nitrogen and oxygen atoms in total. The molecule has 5 aliphatic carbocycles. The molecule has 5 bridgehead atoms. The van der Waals surface area contributed by atoms with Crippen LogP contribution in [0.3, 0.4) is 0 Å². The van der Waals surface area contributed by atoms with Crippen LogP contribution >= 0.6 is 0 Å². The minimum absolute atomic E-state index is 0.0238. The Kier molecular flexibility index (Phi) is 3.92. The molecule has 6 heteroatoms. The Morgan fingerprint density at radius 3 is 2.31 bits per heavy atom. The summed E-state index contributed by atoms with van der Waals surface area (Å²) in [6.45, 7) is 12.9. The van der Waals surface area contributed by atoms with E-state index in [1.54, 1.807) is 0 Å². The van der Waals surface area contributed by atoms with Gasteiger partial charge in [0.25, 0.3) is 0 Å². The molecule has 15 atom stereocenters. The van der Waals surface area contributed by atoms with Crippen LogP contribution < -0.4 is 0 Å². The number of hydrogen-bond acceptors (Lipinski definition) is 6. The van der Waals surface area contributed by atoms with Gasteiger partial charge >= 0.3 is 11.9 Å². The first-order valence-corrected chi connectivity index (χ1v) is 14.4. The molecule has 3 heterocycles. The number of allylic oxidation sites excluding steroid dienone is 1. The third-order valence-corrected chi connectivity index (χ3v) is 13.3. The van der Waals surface area contributed by atoms with E-state index in [2.05, 4.69) is 27.7 Å². The summed E-state index contributed by atoms with van der Waals surface area (Å²) in [4.78, 5) is 25.8. The SMILES string of the molecule is CC1=C2[C@H]3OC(=O)[C@H](C)[C@@H]3CC[C@@](C)(O)[C@@H]2[C@H]2[C@H]3C[C@]4(C)O[C@@]5(C)CC[C@H]6[C@H](C)C(=O)O[C@@H]6[C@@]4([C@@H]35)[C@@H]12. The summed E-state index contributed by atoms with van der Waals surface area (Å²) in [5, 5.41) is 12.1. The van der Waals surface area contributed by atoms with Crippen LogP contribution in [-0.4, -0.2) is 46.1 Å². The van der Waals surface area contributed by atoms with Gasteiger partial charge in [0.2, 0.25) is 0 Å². The van der Waals surface area contributed by atoms with E-state index in [0.29, 0.717) is 18.3 Å². The summed E-state index contributed by atoms with van der Waals surface area (Å²) in [7, 11) is 0. The van der Waals surface area contributed by atoms with Crippen molar-refractivity contribution >= 4 is 11.9 Å². The highest BCUT2D eigenvalue weighted by Gasteiger charge is 2.89. The fraction of sp³-hybridized carbons (Fsp3) is 0.867. The standard InChI is InChI=1S/C30H40O6/c1-12-15-7-9-27(4,33)21-18(22(15)34-25(12)31)14(3)20-19(21)17-11-29(6)30(20)23(17)28(5,36-29)10-8-16-13(2)26(32)35-24(16)30/h12-13,15-17,19-24,33H,7-11H2,1-6H3/t12-,13+,15+,16+,17-,19+,20+,21+,22+,23+,24+,27-,28+,29+,30+/m1/s1. The van der Waals surface area contributed by atoms with Gasteiger partial charge in [0.1, 0.15) is 12.2 Å². The number of aliphatic hydroxyl groups is 1. The van der Waals surface area contributed by atoms with Crippen molar-refractivity contribution in [3.8, 4) is 0 Å². The highest BCUT2D eigenvalue weighted by atomic mass is 16.6. The van der Waals surface area contributed by atoms with E-state index in [0.717, 1.165) is 25.7 Å². The predicted molar refractivity (Wildman–Crippen MR) is 129 cm³/mol. The molecular weight excluding hydrogens is 456 g/mol. The lowest BCUT2D eigenvalue weighted by molar-refractivity contribution is -0.207. The molecule has 36 heavy (non-hydrogen) atoms. The van der Waals surface area contributed by atoms with Crippen molar-refractivity contribution in [2.24, 2.45) is 58.7 Å². The van der Waals surface area contributed by atoms with Crippen LogP contribution in [0, 0.1) is 58.7 Å². The van der Waals surface area contributed by atoms with E-state index in [-0.39, 0.29) is 82.2 Å². The maximum atomic E-state index is 13.0. The normalized spacial score (nSPS) is 63.9. The number of carbonyl (C=O) groups is 2. The summed E-state index contributed by atoms with van der Waals surface area (Å²) in [6, 6.07) is 0. The monoisotopic (exact) mass is 496 g/mol. The van der Waals surface area contributed by atoms with Crippen LogP contribution in [0.15, 0.2) is 11.1 Å². The smallest absolute Gasteiger partial charge is 0.309 e. The highest BCUT2D eigenvalue weighted by molar-refractivity contribution is 5.76. The Labute approximate surface area is 213 Å². The number of hydrogen-bond donors (Lipinski definition) is 1. The largest absolute Gasteiger partial charge is 0.461 e. The van der Waals surface area contributed by atoms with Gasteiger partial charge in [-0.15, -0.1) is 0 Å². The average molecular weight is 497 g/mol. The second-order valence-corrected chi connectivity index (χ2v) is 14.6. The third-order valence-electron chi connectivity index (χ3n) is 13.3. The molecule has 1 N–H and O–H groups in total. The molecule has 0 aromatic carbocycles. The predicted octanol–water partition coefficient (Wildman–Crippen LogP) is 4.04. The van der Waals surface area contributed by atoms with Crippen LogP contribution in [0.2, 0.25) is 0 Å². The molecule has 0 unspecified atom stereocenters. The van der Waals surface area contributed by atoms with Crippen molar-refractivity contribution in [2.75, 3.05) is 0 Å². The van der Waals surface area contributed by atoms with E-state index in [1.165, 1.54) is 11.1 Å². The van der Waals surface area contributed by atoms with Crippen LogP contribution in [0.1, 0.15) is 73.6 Å². The lowest BCUT2D eigenvalue weighted by Gasteiger charge is -2.53. The average Bonchev–Trinajstić information content (AvgIpc) is 3.51. The van der Waals surface area contributed by atoms with Crippen molar-refractivity contribution in [3.05, 3.63) is 11.1 Å². The molecule has 3 saturated heterocycles. The van der Waals surface area contributed by atoms with Crippen molar-refractivity contribution in [3.63, 3.8) is 0 Å². The summed E-state index contributed by atoms with van der Waals surface area (Å²) in [6.07, 6.45) is 3.99. The number of rotatable bonds is 0. The maximum Gasteiger partial charge on any atom is 0.309 e. The molecule has 8 rings (SSSR count). The fourth-order valence-corrected chi connectivity index (χ4v) is 12.4. The molecule has 0 amide bonds. The van der Waals surface area contributed by atoms with E-state index in [4.69, 9.17) is 14.2 Å². The van der Waals surface area contributed by atoms with Gasteiger partial charge in [-0.05, 0) is 83.1 Å². The van der Waals surface area contributed by atoms with Crippen LogP contribution in [0.4, 0.5) is 0 Å². The van der Waals surface area contributed by atoms with Crippen molar-refractivity contribution in [1.82, 2.24) is 0 Å². The van der Waals surface area contributed by atoms with Gasteiger partial charge in [-0.3, -0.25) is 9.59 Å². The fourth-order valence-electron chi connectivity index (χ4n) is 12.4. The Morgan fingerprint density at radius 1 is 0.889 bits per heavy atom. The summed E-state index contributed by atoms with van der Waals surface area (Å²) in [5.74, 6) is 1.10. The van der Waals surface area contributed by atoms with E-state index in [9.17, 15) is 14.7 Å². The van der Waals surface area contributed by atoms with Crippen LogP contribution in [0.5, 0.6) is 0 Å². The first kappa shape index (κ1) is 22.6. The molecular formula is C30H40O6. The maximum absolute atomic E-state index is 13.0. The van der Waals surface area contributed by atoms with Gasteiger partial charge in [0.05, 0.1) is 28.6 Å². The van der Waals surface area contributed by atoms with Gasteiger partial charge < -0.3 is 19.3 Å². The number of ether oxygens (including phenoxy) is 3. The summed E-state index contributed by atoms with van der Waals surface area (Å²) >= 11 is 0. The molecule has 0 aromatic heterocycles. The Hall–Kier alpha value is -1.40. The second-order valence-electron chi connectivity index (χ2n) is 14.6. The molecule has 3 aliphatic heterocycles. The Balaban J connectivity index is 1.37. The number of esters is 2. The molecule has 0 aromatic rings. The molecule has 196 valence electrons. The minimum Gasteiger partial charge on any atom is -0.461 e. The van der Waals surface area contributed by atoms with Gasteiger partial charge in [-0.25, -0.2) is 0 Å². The molecule has 0 spiro atoms. The minimum atomic E-state index is -0.848. The van der Waals surface area contributed by atoms with Crippen LogP contribution in [0.25, 0.3) is 0 Å². The Morgan fingerprint density at radius 2 is 1.56 bits per heavy atom. The zero-order valence-electron chi connectivity index (χ0n) is 22.4. The lowest BCUT2D eigenvalue weighted by atomic mass is 9.55. The zero-order chi connectivity index (χ0) is 25.3. The summed E-state index contributed by atoms with van der Waals surface area (Å²) in [5.41, 5.74) is 0.769. The second kappa shape index (κ2) is 6.25. The lowest BCUT2D eigenvalue weighted by Crippen LogP contribution is -2.58. The molecule has 8 aliphatic rings. The van der Waals surface area contributed by atoms with E-state index < -0.39 is 5.60 Å². The number of carbonyl (C=O) groups excluding carboxylic acids is 2. The molecule has 7 fully saturated rings. The summed E-state index contributed by atoms with van der Waals surface area (Å²) < 4.78 is 19.6. The van der Waals surface area contributed by atoms with Crippen molar-refractivity contribution in [2.45, 2.75) is 103 Å². The van der Waals surface area contributed by atoms with Crippen molar-refractivity contribution < 1.29 is 28.9 Å². The van der Waals surface area contributed by atoms with Gasteiger partial charge in [-0.2, -0.15) is 0 Å². The van der Waals surface area contributed by atoms with E-state index >= 15 is 0 Å². The van der Waals surface area contributed by atoms with Crippen LogP contribution in [-0.2, 0) is 23.8 Å². The topological polar surface area (TPSA) is 82.1 Å². The first-order valence-electron chi connectivity index (χ1n) is 14.4. The van der Waals surface area contributed by atoms with Gasteiger partial charge in [0, 0.05) is 29.1 Å². The highest BCUT2D eigenvalue weighted by Crippen LogP contribution is 2.85. The third kappa shape index (κ3) is 2.10. The Bertz CT molecular complexity index is 1140. The molecule has 0 radical (unpaired) electrons. The quantitative estimate of drug-likeness (QED) is 0.403. The first-order chi connectivity index (χ1) is 16.9. The van der Waals surface area contributed by atoms with Crippen molar-refractivity contribution in [1.29, 1.82) is 0 Å². The number of fused-ring (bicyclic) bond motifs is 7. The van der Waals surface area contributed by atoms with Gasteiger partial charge in [0.15, 0.2) is 0 Å². The van der Waals surface area contributed by atoms with E-state index in [1.807, 2.05) is 13.8 Å². The molecule has 4 saturated carbocycles. The zero-order valence-corrected chi connectivity index (χ0v) is 22.4. The van der Waals surface area contributed by atoms with Gasteiger partial charge in [-0.1, -0.05) is 19.4 Å².